The Kier molecular flexibility index (Phi) is 6.62. The lowest BCUT2D eigenvalue weighted by atomic mass is 9.95. The van der Waals surface area contributed by atoms with Crippen molar-refractivity contribution in [3.05, 3.63) is 53.3 Å². The fourth-order valence-electron chi connectivity index (χ4n) is 5.03. The van der Waals surface area contributed by atoms with Gasteiger partial charge in [-0.2, -0.15) is 5.10 Å². The second-order valence-electron chi connectivity index (χ2n) is 9.21. The summed E-state index contributed by atoms with van der Waals surface area (Å²) >= 11 is 0. The van der Waals surface area contributed by atoms with E-state index in [1.54, 1.807) is 15.6 Å². The maximum atomic E-state index is 13.2. The Labute approximate surface area is 199 Å². The van der Waals surface area contributed by atoms with Crippen molar-refractivity contribution in [3.63, 3.8) is 0 Å². The van der Waals surface area contributed by atoms with Gasteiger partial charge in [0, 0.05) is 57.8 Å². The molecule has 0 radical (unpaired) electrons. The van der Waals surface area contributed by atoms with E-state index >= 15 is 0 Å². The number of hydrogen-bond acceptors (Lipinski definition) is 5. The van der Waals surface area contributed by atoms with Crippen LogP contribution in [0.2, 0.25) is 0 Å². The van der Waals surface area contributed by atoms with Gasteiger partial charge in [-0.15, -0.1) is 0 Å². The van der Waals surface area contributed by atoms with Crippen LogP contribution in [0.3, 0.4) is 0 Å². The molecule has 3 aliphatic heterocycles. The zero-order valence-electron chi connectivity index (χ0n) is 19.4. The van der Waals surface area contributed by atoms with Crippen LogP contribution in [-0.2, 0) is 22.6 Å². The Bertz CT molecular complexity index is 1040. The number of aromatic nitrogens is 2. The van der Waals surface area contributed by atoms with Crippen LogP contribution in [0, 0.1) is 5.92 Å². The van der Waals surface area contributed by atoms with Crippen LogP contribution >= 0.6 is 0 Å². The first kappa shape index (κ1) is 22.6. The molecule has 34 heavy (non-hydrogen) atoms. The Morgan fingerprint density at radius 1 is 0.941 bits per heavy atom. The fraction of sp³-hybridized carbons (Fsp3) is 0.520. The molecule has 4 heterocycles. The first-order valence-electron chi connectivity index (χ1n) is 12.2. The van der Waals surface area contributed by atoms with Crippen molar-refractivity contribution in [2.45, 2.75) is 32.4 Å². The Morgan fingerprint density at radius 2 is 1.68 bits per heavy atom. The lowest BCUT2D eigenvalue weighted by Crippen LogP contribution is -2.47. The summed E-state index contributed by atoms with van der Waals surface area (Å²) in [4.78, 5) is 44.6. The summed E-state index contributed by atoms with van der Waals surface area (Å²) in [5, 5.41) is 4.49. The quantitative estimate of drug-likeness (QED) is 0.685. The van der Waals surface area contributed by atoms with Gasteiger partial charge in [-0.25, -0.2) is 0 Å². The van der Waals surface area contributed by atoms with Gasteiger partial charge in [0.25, 0.3) is 11.8 Å². The van der Waals surface area contributed by atoms with Crippen LogP contribution in [0.25, 0.3) is 0 Å². The van der Waals surface area contributed by atoms with Gasteiger partial charge in [0.15, 0.2) is 5.69 Å². The number of nitrogens with zero attached hydrogens (tertiary/aromatic N) is 5. The van der Waals surface area contributed by atoms with Gasteiger partial charge < -0.3 is 19.4 Å². The number of aryl methyl sites for hydroxylation is 1. The van der Waals surface area contributed by atoms with Crippen molar-refractivity contribution in [2.75, 3.05) is 45.9 Å². The minimum atomic E-state index is -0.166. The molecule has 0 bridgehead atoms. The first-order valence-corrected chi connectivity index (χ1v) is 12.2. The van der Waals surface area contributed by atoms with Gasteiger partial charge in [0.05, 0.1) is 13.2 Å². The van der Waals surface area contributed by atoms with E-state index in [4.69, 9.17) is 4.74 Å². The molecule has 2 aromatic rings. The highest BCUT2D eigenvalue weighted by Crippen LogP contribution is 2.23. The van der Waals surface area contributed by atoms with E-state index < -0.39 is 0 Å². The predicted molar refractivity (Wildman–Crippen MR) is 124 cm³/mol. The lowest BCUT2D eigenvalue weighted by Gasteiger charge is -2.35. The number of benzene rings is 1. The zero-order valence-corrected chi connectivity index (χ0v) is 19.4. The lowest BCUT2D eigenvalue weighted by molar-refractivity contribution is -0.141. The van der Waals surface area contributed by atoms with Crippen molar-refractivity contribution in [1.82, 2.24) is 24.5 Å². The summed E-state index contributed by atoms with van der Waals surface area (Å²) in [6, 6.07) is 11.6. The molecule has 180 valence electrons. The van der Waals surface area contributed by atoms with Crippen LogP contribution < -0.4 is 0 Å². The number of ether oxygens (including phenoxy) is 1. The normalized spacial score (nSPS) is 19.6. The Morgan fingerprint density at radius 3 is 2.41 bits per heavy atom. The average molecular weight is 466 g/mol. The van der Waals surface area contributed by atoms with E-state index in [0.717, 1.165) is 12.0 Å². The summed E-state index contributed by atoms with van der Waals surface area (Å²) in [7, 11) is 0. The van der Waals surface area contributed by atoms with E-state index in [0.29, 0.717) is 83.3 Å². The third-order valence-electron chi connectivity index (χ3n) is 6.97. The molecule has 2 fully saturated rings. The molecule has 0 aliphatic carbocycles. The second kappa shape index (κ2) is 9.97. The molecule has 0 saturated carbocycles. The summed E-state index contributed by atoms with van der Waals surface area (Å²) in [5.74, 6) is -0.134. The average Bonchev–Trinajstić information content (AvgIpc) is 3.26. The van der Waals surface area contributed by atoms with Crippen LogP contribution in [0.4, 0.5) is 0 Å². The van der Waals surface area contributed by atoms with Crippen LogP contribution in [0.15, 0.2) is 36.4 Å². The third kappa shape index (κ3) is 4.70. The highest BCUT2D eigenvalue weighted by atomic mass is 16.5. The minimum absolute atomic E-state index is 0.0472. The van der Waals surface area contributed by atoms with E-state index in [1.165, 1.54) is 0 Å². The molecule has 0 N–H and O–H groups in total. The van der Waals surface area contributed by atoms with Crippen molar-refractivity contribution in [1.29, 1.82) is 0 Å². The number of amides is 3. The number of carbonyl (C=O) groups excluding carboxylic acids is 3. The number of likely N-dealkylation sites (tertiary alicyclic amines) is 1. The number of piperidine rings is 1. The van der Waals surface area contributed by atoms with Crippen molar-refractivity contribution >= 4 is 17.7 Å². The van der Waals surface area contributed by atoms with Crippen LogP contribution in [0.1, 0.15) is 45.8 Å². The van der Waals surface area contributed by atoms with E-state index in [1.807, 2.05) is 40.1 Å². The molecule has 9 heteroatoms. The van der Waals surface area contributed by atoms with Crippen molar-refractivity contribution in [2.24, 2.45) is 5.92 Å². The van der Waals surface area contributed by atoms with Gasteiger partial charge in [0.2, 0.25) is 5.91 Å². The van der Waals surface area contributed by atoms with E-state index in [2.05, 4.69) is 5.10 Å². The molecule has 1 aromatic carbocycles. The van der Waals surface area contributed by atoms with Crippen LogP contribution in [0.5, 0.6) is 0 Å². The zero-order chi connectivity index (χ0) is 23.5. The summed E-state index contributed by atoms with van der Waals surface area (Å²) in [6.07, 6.45) is 2.09. The topological polar surface area (TPSA) is 88.0 Å². The molecule has 0 atom stereocenters. The van der Waals surface area contributed by atoms with E-state index in [-0.39, 0.29) is 23.6 Å². The number of carbonyl (C=O) groups is 3. The van der Waals surface area contributed by atoms with Gasteiger partial charge in [-0.1, -0.05) is 30.3 Å². The smallest absolute Gasteiger partial charge is 0.274 e. The molecule has 0 unspecified atom stereocenters. The molecule has 9 nitrogen and oxygen atoms in total. The van der Waals surface area contributed by atoms with Crippen molar-refractivity contribution in [3.8, 4) is 0 Å². The molecule has 5 rings (SSSR count). The van der Waals surface area contributed by atoms with Gasteiger partial charge in [-0.3, -0.25) is 19.1 Å². The van der Waals surface area contributed by atoms with E-state index in [9.17, 15) is 14.4 Å². The van der Waals surface area contributed by atoms with Crippen LogP contribution in [-0.4, -0.2) is 88.1 Å². The Hall–Kier alpha value is -3.20. The minimum Gasteiger partial charge on any atom is -0.378 e. The SMILES string of the molecule is O=C(c1cc2n(n1)CCCN(Cc1ccccc1)C2=O)N1CCC(C(=O)N2CCOCC2)CC1. The summed E-state index contributed by atoms with van der Waals surface area (Å²) in [6.45, 7) is 5.33. The number of morpholine rings is 1. The third-order valence-corrected chi connectivity index (χ3v) is 6.97. The number of hydrogen-bond donors (Lipinski definition) is 0. The highest BCUT2D eigenvalue weighted by molar-refractivity contribution is 5.98. The molecule has 1 aromatic heterocycles. The molecule has 3 aliphatic rings. The molecule has 2 saturated heterocycles. The summed E-state index contributed by atoms with van der Waals surface area (Å²) < 4.78 is 7.01. The maximum Gasteiger partial charge on any atom is 0.274 e. The maximum absolute atomic E-state index is 13.2. The Balaban J connectivity index is 1.22. The molecular weight excluding hydrogens is 434 g/mol. The van der Waals surface area contributed by atoms with Gasteiger partial charge in [0.1, 0.15) is 5.69 Å². The molecule has 3 amide bonds. The largest absolute Gasteiger partial charge is 0.378 e. The molecule has 0 spiro atoms. The number of fused-ring (bicyclic) bond motifs is 1. The first-order chi connectivity index (χ1) is 16.6. The monoisotopic (exact) mass is 465 g/mol. The number of rotatable bonds is 4. The highest BCUT2D eigenvalue weighted by Gasteiger charge is 2.33. The standard InChI is InChI=1S/C25H31N5O4/c31-23(28-13-15-34-16-14-28)20-7-11-27(12-8-20)24(32)21-17-22-25(33)29(9-4-10-30(22)26-21)18-19-5-2-1-3-6-19/h1-3,5-6,17,20H,4,7-16,18H2. The second-order valence-corrected chi connectivity index (χ2v) is 9.21. The fourth-order valence-corrected chi connectivity index (χ4v) is 5.03. The van der Waals surface area contributed by atoms with Crippen molar-refractivity contribution < 1.29 is 19.1 Å². The predicted octanol–water partition coefficient (Wildman–Crippen LogP) is 1.64. The summed E-state index contributed by atoms with van der Waals surface area (Å²) in [5.41, 5.74) is 1.85. The van der Waals surface area contributed by atoms with Gasteiger partial charge in [-0.05, 0) is 24.8 Å². The van der Waals surface area contributed by atoms with Gasteiger partial charge >= 0.3 is 0 Å². The molecular formula is C25H31N5O4.